The van der Waals surface area contributed by atoms with Crippen molar-refractivity contribution in [2.75, 3.05) is 13.7 Å². The van der Waals surface area contributed by atoms with Gasteiger partial charge in [0.2, 0.25) is 0 Å². The number of nitrogens with one attached hydrogen (secondary N) is 1. The van der Waals surface area contributed by atoms with Crippen molar-refractivity contribution >= 4 is 40.7 Å². The van der Waals surface area contributed by atoms with Crippen molar-refractivity contribution in [1.82, 2.24) is 5.32 Å². The van der Waals surface area contributed by atoms with E-state index in [2.05, 4.69) is 5.32 Å². The monoisotopic (exact) mass is 549 g/mol. The summed E-state index contributed by atoms with van der Waals surface area (Å²) < 4.78 is 17.1. The van der Waals surface area contributed by atoms with Gasteiger partial charge in [-0.15, -0.1) is 0 Å². The number of carbonyl (C=O) groups excluding carboxylic acids is 2. The highest BCUT2D eigenvalue weighted by molar-refractivity contribution is 6.42. The van der Waals surface area contributed by atoms with Crippen LogP contribution in [0.5, 0.6) is 11.5 Å². The number of methoxy groups -OCH3 is 1. The molecule has 0 amide bonds. The minimum atomic E-state index is -0.650. The standard InChI is InChI=1S/C30H25Cl2NO5/c1-4-37-30(35)25-16(2)33-28-19-7-5-6-8-20(19)29(34)27(28)26(25)18-10-12-23(24(14-18)36-3)38-15-17-9-11-21(31)22(32)13-17/h5-14,26,33H,4,15H2,1-3H3/t26-/m0/s1. The second-order valence-electron chi connectivity index (χ2n) is 8.93. The minimum Gasteiger partial charge on any atom is -0.493 e. The third-order valence-corrected chi connectivity index (χ3v) is 7.38. The van der Waals surface area contributed by atoms with Gasteiger partial charge in [-0.25, -0.2) is 4.79 Å². The number of rotatable bonds is 7. The van der Waals surface area contributed by atoms with Crippen LogP contribution < -0.4 is 14.8 Å². The number of halogens is 2. The largest absolute Gasteiger partial charge is 0.493 e. The summed E-state index contributed by atoms with van der Waals surface area (Å²) in [7, 11) is 1.54. The van der Waals surface area contributed by atoms with Crippen molar-refractivity contribution in [2.45, 2.75) is 26.4 Å². The molecule has 3 aromatic carbocycles. The van der Waals surface area contributed by atoms with E-state index in [-0.39, 0.29) is 19.0 Å². The van der Waals surface area contributed by atoms with Crippen molar-refractivity contribution in [3.8, 4) is 11.5 Å². The normalized spacial score (nSPS) is 16.1. The summed E-state index contributed by atoms with van der Waals surface area (Å²) in [5.74, 6) is -0.279. The van der Waals surface area contributed by atoms with Crippen LogP contribution in [0.1, 0.15) is 46.8 Å². The lowest BCUT2D eigenvalue weighted by Crippen LogP contribution is -2.29. The topological polar surface area (TPSA) is 73.9 Å². The first kappa shape index (κ1) is 25.9. The Morgan fingerprint density at radius 1 is 0.974 bits per heavy atom. The molecule has 0 bridgehead atoms. The van der Waals surface area contributed by atoms with E-state index in [1.807, 2.05) is 37.3 Å². The maximum atomic E-state index is 13.6. The first-order valence-corrected chi connectivity index (χ1v) is 12.9. The zero-order valence-corrected chi connectivity index (χ0v) is 22.6. The summed E-state index contributed by atoms with van der Waals surface area (Å²) in [6.07, 6.45) is 0. The molecule has 1 aliphatic heterocycles. The molecular formula is C30H25Cl2NO5. The molecule has 0 saturated carbocycles. The molecule has 1 N–H and O–H groups in total. The second-order valence-corrected chi connectivity index (χ2v) is 9.74. The molecule has 2 aliphatic rings. The Bertz CT molecular complexity index is 1520. The summed E-state index contributed by atoms with van der Waals surface area (Å²) in [5, 5.41) is 4.22. The van der Waals surface area contributed by atoms with Gasteiger partial charge in [0, 0.05) is 28.3 Å². The Kier molecular flexibility index (Phi) is 7.19. The molecular weight excluding hydrogens is 525 g/mol. The second kappa shape index (κ2) is 10.6. The molecule has 3 aromatic rings. The first-order valence-electron chi connectivity index (χ1n) is 12.1. The predicted octanol–water partition coefficient (Wildman–Crippen LogP) is 6.71. The quantitative estimate of drug-likeness (QED) is 0.330. The number of allylic oxidation sites excluding steroid dienone is 2. The average Bonchev–Trinajstić information content (AvgIpc) is 3.20. The first-order chi connectivity index (χ1) is 18.3. The Morgan fingerprint density at radius 2 is 1.74 bits per heavy atom. The highest BCUT2D eigenvalue weighted by Gasteiger charge is 2.43. The van der Waals surface area contributed by atoms with Crippen LogP contribution in [0.4, 0.5) is 0 Å². The number of ketones is 1. The molecule has 5 rings (SSSR count). The summed E-state index contributed by atoms with van der Waals surface area (Å²) in [6.45, 7) is 4.03. The number of Topliss-reactive ketones (excluding diaryl/α,β-unsaturated/α-hetero) is 1. The van der Waals surface area contributed by atoms with Crippen LogP contribution in [-0.2, 0) is 16.1 Å². The fraction of sp³-hybridized carbons (Fsp3) is 0.200. The minimum absolute atomic E-state index is 0.124. The van der Waals surface area contributed by atoms with E-state index < -0.39 is 11.9 Å². The Morgan fingerprint density at radius 3 is 2.45 bits per heavy atom. The lowest BCUT2D eigenvalue weighted by atomic mass is 9.79. The van der Waals surface area contributed by atoms with Crippen LogP contribution in [0.2, 0.25) is 10.0 Å². The molecule has 38 heavy (non-hydrogen) atoms. The summed E-state index contributed by atoms with van der Waals surface area (Å²) in [6, 6.07) is 18.1. The van der Waals surface area contributed by atoms with Crippen LogP contribution in [0.15, 0.2) is 77.5 Å². The number of carbonyl (C=O) groups is 2. The van der Waals surface area contributed by atoms with E-state index in [0.717, 1.165) is 11.1 Å². The fourth-order valence-electron chi connectivity index (χ4n) is 4.92. The predicted molar refractivity (Wildman–Crippen MR) is 147 cm³/mol. The van der Waals surface area contributed by atoms with Crippen molar-refractivity contribution < 1.29 is 23.8 Å². The van der Waals surface area contributed by atoms with E-state index in [4.69, 9.17) is 37.4 Å². The number of hydrogen-bond acceptors (Lipinski definition) is 6. The van der Waals surface area contributed by atoms with E-state index in [0.29, 0.717) is 55.2 Å². The SMILES string of the molecule is CCOC(=O)C1=C(C)NC2=C(C(=O)c3ccccc32)[C@H]1c1ccc(OCc2ccc(Cl)c(Cl)c2)c(OC)c1. The van der Waals surface area contributed by atoms with Crippen LogP contribution in [0.3, 0.4) is 0 Å². The third-order valence-electron chi connectivity index (χ3n) is 6.64. The molecule has 1 aliphatic carbocycles. The lowest BCUT2D eigenvalue weighted by Gasteiger charge is -2.29. The summed E-state index contributed by atoms with van der Waals surface area (Å²) >= 11 is 12.2. The molecule has 1 heterocycles. The highest BCUT2D eigenvalue weighted by atomic mass is 35.5. The molecule has 194 valence electrons. The number of esters is 1. The van der Waals surface area contributed by atoms with Gasteiger partial charge in [0.25, 0.3) is 0 Å². The van der Waals surface area contributed by atoms with Crippen LogP contribution in [-0.4, -0.2) is 25.5 Å². The fourth-order valence-corrected chi connectivity index (χ4v) is 5.24. The van der Waals surface area contributed by atoms with Gasteiger partial charge >= 0.3 is 5.97 Å². The maximum absolute atomic E-state index is 13.6. The van der Waals surface area contributed by atoms with Crippen LogP contribution in [0, 0.1) is 0 Å². The zero-order valence-electron chi connectivity index (χ0n) is 21.1. The maximum Gasteiger partial charge on any atom is 0.336 e. The van der Waals surface area contributed by atoms with Crippen molar-refractivity contribution in [1.29, 1.82) is 0 Å². The van der Waals surface area contributed by atoms with Gasteiger partial charge in [0.1, 0.15) is 6.61 Å². The molecule has 1 atom stereocenters. The Balaban J connectivity index is 1.55. The van der Waals surface area contributed by atoms with Crippen molar-refractivity contribution in [3.05, 3.63) is 110 Å². The van der Waals surface area contributed by atoms with Crippen LogP contribution >= 0.6 is 23.2 Å². The molecule has 0 radical (unpaired) electrons. The van der Waals surface area contributed by atoms with Gasteiger partial charge in [-0.1, -0.05) is 59.6 Å². The molecule has 0 spiro atoms. The number of benzene rings is 3. The van der Waals surface area contributed by atoms with E-state index in [1.54, 1.807) is 44.4 Å². The third kappa shape index (κ3) is 4.55. The summed E-state index contributed by atoms with van der Waals surface area (Å²) in [5.41, 5.74) is 5.20. The summed E-state index contributed by atoms with van der Waals surface area (Å²) in [4.78, 5) is 26.8. The van der Waals surface area contributed by atoms with Gasteiger partial charge in [0.05, 0.1) is 35.0 Å². The number of fused-ring (bicyclic) bond motifs is 2. The van der Waals surface area contributed by atoms with Crippen molar-refractivity contribution in [3.63, 3.8) is 0 Å². The average molecular weight is 550 g/mol. The number of hydrogen-bond donors (Lipinski definition) is 1. The van der Waals surface area contributed by atoms with E-state index >= 15 is 0 Å². The van der Waals surface area contributed by atoms with E-state index in [1.165, 1.54) is 0 Å². The zero-order chi connectivity index (χ0) is 27.0. The van der Waals surface area contributed by atoms with Gasteiger partial charge in [0.15, 0.2) is 17.3 Å². The molecule has 0 fully saturated rings. The van der Waals surface area contributed by atoms with Gasteiger partial charge < -0.3 is 19.5 Å². The molecule has 0 saturated heterocycles. The molecule has 0 unspecified atom stereocenters. The molecule has 6 nitrogen and oxygen atoms in total. The number of dihydropyridines is 1. The van der Waals surface area contributed by atoms with Gasteiger partial charge in [-0.2, -0.15) is 0 Å². The Hall–Kier alpha value is -3.74. The smallest absolute Gasteiger partial charge is 0.336 e. The van der Waals surface area contributed by atoms with E-state index in [9.17, 15) is 9.59 Å². The Labute approximate surface area is 230 Å². The van der Waals surface area contributed by atoms with Gasteiger partial charge in [-0.05, 0) is 49.2 Å². The molecule has 8 heteroatoms. The highest BCUT2D eigenvalue weighted by Crippen LogP contribution is 2.48. The van der Waals surface area contributed by atoms with Gasteiger partial charge in [-0.3, -0.25) is 4.79 Å². The number of ether oxygens (including phenoxy) is 3. The molecule has 0 aromatic heterocycles. The van der Waals surface area contributed by atoms with Crippen LogP contribution in [0.25, 0.3) is 5.70 Å². The lowest BCUT2D eigenvalue weighted by molar-refractivity contribution is -0.138. The van der Waals surface area contributed by atoms with Crippen molar-refractivity contribution in [2.24, 2.45) is 0 Å².